The zero-order valence-corrected chi connectivity index (χ0v) is 11.4. The minimum atomic E-state index is -4.23. The highest BCUT2D eigenvalue weighted by Gasteiger charge is 2.41. The number of rotatable bonds is 2. The summed E-state index contributed by atoms with van der Waals surface area (Å²) in [6, 6.07) is -1.89. The largest absolute Gasteiger partial charge is 0.403 e. The number of aliphatic hydroxyl groups is 1. The van der Waals surface area contributed by atoms with Crippen LogP contribution in [0.2, 0.25) is 0 Å². The molecule has 0 spiro atoms. The summed E-state index contributed by atoms with van der Waals surface area (Å²) in [7, 11) is 0. The molecule has 5 nitrogen and oxygen atoms in total. The summed E-state index contributed by atoms with van der Waals surface area (Å²) in [5.41, 5.74) is 0. The Balaban J connectivity index is 1.84. The molecule has 2 heterocycles. The molecule has 0 radical (unpaired) electrons. The van der Waals surface area contributed by atoms with Gasteiger partial charge in [-0.05, 0) is 13.3 Å². The summed E-state index contributed by atoms with van der Waals surface area (Å²) in [6.07, 6.45) is -4.38. The molecule has 116 valence electrons. The summed E-state index contributed by atoms with van der Waals surface area (Å²) in [5.74, 6) is -0.124. The molecule has 0 saturated carbocycles. The normalized spacial score (nSPS) is 30.6. The smallest absolute Gasteiger partial charge is 0.392 e. The number of alkyl halides is 3. The monoisotopic (exact) mass is 295 g/mol. The maximum Gasteiger partial charge on any atom is 0.403 e. The second kappa shape index (κ2) is 5.87. The van der Waals surface area contributed by atoms with Crippen molar-refractivity contribution in [3.8, 4) is 0 Å². The van der Waals surface area contributed by atoms with Gasteiger partial charge in [0.25, 0.3) is 0 Å². The fraction of sp³-hybridized carbons (Fsp3) is 0.917. The second-order valence-electron chi connectivity index (χ2n) is 5.43. The van der Waals surface area contributed by atoms with Gasteiger partial charge in [-0.1, -0.05) is 0 Å². The van der Waals surface area contributed by atoms with Gasteiger partial charge in [0.1, 0.15) is 6.04 Å². The molecular formula is C12H20F3N3O2. The molecule has 2 aliphatic heterocycles. The van der Waals surface area contributed by atoms with E-state index in [-0.39, 0.29) is 19.0 Å². The van der Waals surface area contributed by atoms with Gasteiger partial charge in [0.15, 0.2) is 0 Å². The lowest BCUT2D eigenvalue weighted by Gasteiger charge is -2.39. The quantitative estimate of drug-likeness (QED) is 0.741. The highest BCUT2D eigenvalue weighted by molar-refractivity contribution is 5.82. The van der Waals surface area contributed by atoms with Gasteiger partial charge in [-0.25, -0.2) is 0 Å². The molecule has 0 aromatic heterocycles. The number of piperazine rings is 1. The lowest BCUT2D eigenvalue weighted by Crippen LogP contribution is -2.57. The Morgan fingerprint density at radius 3 is 2.35 bits per heavy atom. The van der Waals surface area contributed by atoms with Crippen LogP contribution in [0, 0.1) is 0 Å². The molecule has 20 heavy (non-hydrogen) atoms. The van der Waals surface area contributed by atoms with Crippen molar-refractivity contribution in [1.29, 1.82) is 0 Å². The molecule has 0 bridgehead atoms. The van der Waals surface area contributed by atoms with Crippen molar-refractivity contribution in [3.63, 3.8) is 0 Å². The van der Waals surface area contributed by atoms with Crippen LogP contribution in [-0.2, 0) is 4.79 Å². The SMILES string of the molecule is CC(N1CCN(C(=O)C2CC(O)CN2)CC1)C(F)(F)F. The van der Waals surface area contributed by atoms with Crippen molar-refractivity contribution < 1.29 is 23.1 Å². The van der Waals surface area contributed by atoms with Gasteiger partial charge in [0.2, 0.25) is 5.91 Å². The maximum absolute atomic E-state index is 12.6. The summed E-state index contributed by atoms with van der Waals surface area (Å²) in [5, 5.41) is 12.3. The lowest BCUT2D eigenvalue weighted by molar-refractivity contribution is -0.183. The Labute approximate surface area is 115 Å². The van der Waals surface area contributed by atoms with Crippen molar-refractivity contribution in [2.24, 2.45) is 0 Å². The molecule has 3 atom stereocenters. The van der Waals surface area contributed by atoms with E-state index in [0.717, 1.165) is 6.92 Å². The van der Waals surface area contributed by atoms with Crippen LogP contribution in [-0.4, -0.2) is 77.9 Å². The Morgan fingerprint density at radius 1 is 1.30 bits per heavy atom. The Kier molecular flexibility index (Phi) is 4.55. The van der Waals surface area contributed by atoms with E-state index in [1.165, 1.54) is 4.90 Å². The van der Waals surface area contributed by atoms with E-state index in [1.807, 2.05) is 0 Å². The van der Waals surface area contributed by atoms with Gasteiger partial charge in [-0.15, -0.1) is 0 Å². The van der Waals surface area contributed by atoms with Crippen LogP contribution in [0.3, 0.4) is 0 Å². The van der Waals surface area contributed by atoms with Gasteiger partial charge in [0.05, 0.1) is 12.1 Å². The number of hydrogen-bond acceptors (Lipinski definition) is 4. The molecule has 2 N–H and O–H groups in total. The van der Waals surface area contributed by atoms with E-state index < -0.39 is 24.4 Å². The number of amides is 1. The van der Waals surface area contributed by atoms with E-state index in [1.54, 1.807) is 4.90 Å². The average molecular weight is 295 g/mol. The molecule has 3 unspecified atom stereocenters. The predicted molar refractivity (Wildman–Crippen MR) is 66.1 cm³/mol. The fourth-order valence-electron chi connectivity index (χ4n) is 2.66. The third-order valence-corrected chi connectivity index (χ3v) is 4.05. The average Bonchev–Trinajstić information content (AvgIpc) is 2.83. The first-order valence-corrected chi connectivity index (χ1v) is 6.80. The van der Waals surface area contributed by atoms with E-state index in [2.05, 4.69) is 5.32 Å². The van der Waals surface area contributed by atoms with Crippen LogP contribution in [0.4, 0.5) is 13.2 Å². The minimum Gasteiger partial charge on any atom is -0.392 e. The molecule has 0 aromatic rings. The molecule has 0 aliphatic carbocycles. The molecule has 2 rings (SSSR count). The topological polar surface area (TPSA) is 55.8 Å². The van der Waals surface area contributed by atoms with Crippen molar-refractivity contribution in [1.82, 2.24) is 15.1 Å². The standard InChI is InChI=1S/C12H20F3N3O2/c1-8(12(13,14)15)17-2-4-18(5-3-17)11(20)10-6-9(19)7-16-10/h8-10,16,19H,2-7H2,1H3. The third kappa shape index (κ3) is 3.42. The molecule has 2 aliphatic rings. The predicted octanol–water partition coefficient (Wildman–Crippen LogP) is -0.196. The van der Waals surface area contributed by atoms with Gasteiger partial charge in [-0.2, -0.15) is 13.2 Å². The molecular weight excluding hydrogens is 275 g/mol. The first-order valence-electron chi connectivity index (χ1n) is 6.80. The zero-order chi connectivity index (χ0) is 14.9. The summed E-state index contributed by atoms with van der Waals surface area (Å²) < 4.78 is 37.9. The molecule has 2 saturated heterocycles. The number of halogens is 3. The van der Waals surface area contributed by atoms with Crippen LogP contribution in [0.1, 0.15) is 13.3 Å². The van der Waals surface area contributed by atoms with E-state index in [4.69, 9.17) is 0 Å². The number of carbonyl (C=O) groups excluding carboxylic acids is 1. The van der Waals surface area contributed by atoms with Crippen LogP contribution in [0.25, 0.3) is 0 Å². The highest BCUT2D eigenvalue weighted by Crippen LogP contribution is 2.25. The van der Waals surface area contributed by atoms with Crippen molar-refractivity contribution in [2.75, 3.05) is 32.7 Å². The molecule has 1 amide bonds. The van der Waals surface area contributed by atoms with E-state index in [9.17, 15) is 23.1 Å². The number of carbonyl (C=O) groups is 1. The van der Waals surface area contributed by atoms with E-state index in [0.29, 0.717) is 26.1 Å². The lowest BCUT2D eigenvalue weighted by atomic mass is 10.1. The Hall–Kier alpha value is -0.860. The third-order valence-electron chi connectivity index (χ3n) is 4.05. The van der Waals surface area contributed by atoms with Crippen LogP contribution in [0.15, 0.2) is 0 Å². The molecule has 0 aromatic carbocycles. The second-order valence-corrected chi connectivity index (χ2v) is 5.43. The van der Waals surface area contributed by atoms with Crippen molar-refractivity contribution >= 4 is 5.91 Å². The number of nitrogens with zero attached hydrogens (tertiary/aromatic N) is 2. The summed E-state index contributed by atoms with van der Waals surface area (Å²) >= 11 is 0. The first-order chi connectivity index (χ1) is 9.29. The number of hydrogen-bond donors (Lipinski definition) is 2. The first kappa shape index (κ1) is 15.5. The highest BCUT2D eigenvalue weighted by atomic mass is 19.4. The maximum atomic E-state index is 12.6. The Bertz CT molecular complexity index is 356. The van der Waals surface area contributed by atoms with Gasteiger partial charge >= 0.3 is 6.18 Å². The van der Waals surface area contributed by atoms with Crippen molar-refractivity contribution in [2.45, 2.75) is 37.7 Å². The summed E-state index contributed by atoms with van der Waals surface area (Å²) in [4.78, 5) is 15.1. The fourth-order valence-corrected chi connectivity index (χ4v) is 2.66. The van der Waals surface area contributed by atoms with Gasteiger partial charge in [-0.3, -0.25) is 9.69 Å². The van der Waals surface area contributed by atoms with Gasteiger partial charge in [0, 0.05) is 32.7 Å². The molecule has 2 fully saturated rings. The van der Waals surface area contributed by atoms with Crippen LogP contribution < -0.4 is 5.32 Å². The Morgan fingerprint density at radius 2 is 1.90 bits per heavy atom. The zero-order valence-electron chi connectivity index (χ0n) is 11.4. The van der Waals surface area contributed by atoms with Crippen LogP contribution in [0.5, 0.6) is 0 Å². The van der Waals surface area contributed by atoms with Crippen molar-refractivity contribution in [3.05, 3.63) is 0 Å². The van der Waals surface area contributed by atoms with Crippen LogP contribution >= 0.6 is 0 Å². The minimum absolute atomic E-state index is 0.124. The number of aliphatic hydroxyl groups excluding tert-OH is 1. The van der Waals surface area contributed by atoms with E-state index >= 15 is 0 Å². The summed E-state index contributed by atoms with van der Waals surface area (Å²) in [6.45, 7) is 2.58. The number of β-amino-alcohol motifs (C(OH)–C–C–N with tert-alkyl or cyclic N) is 1. The number of nitrogens with one attached hydrogen (secondary N) is 1. The van der Waals surface area contributed by atoms with Gasteiger partial charge < -0.3 is 15.3 Å². The molecule has 8 heteroatoms.